The normalized spacial score (nSPS) is 18.4. The number of carbonyl (C=O) groups is 2. The Balaban J connectivity index is 1.76. The van der Waals surface area contributed by atoms with Crippen LogP contribution in [0.25, 0.3) is 0 Å². The molecule has 4 rings (SSSR count). The summed E-state index contributed by atoms with van der Waals surface area (Å²) >= 11 is 0. The predicted molar refractivity (Wildman–Crippen MR) is 135 cm³/mol. The fourth-order valence-electron chi connectivity index (χ4n) is 4.76. The van der Waals surface area contributed by atoms with Crippen LogP contribution in [0, 0.1) is 17.7 Å². The van der Waals surface area contributed by atoms with Crippen molar-refractivity contribution < 1.29 is 63.3 Å². The number of carboxylic acids is 1. The van der Waals surface area contributed by atoms with Gasteiger partial charge in [-0.2, -0.15) is 26.3 Å². The molecule has 43 heavy (non-hydrogen) atoms. The summed E-state index contributed by atoms with van der Waals surface area (Å²) in [6, 6.07) is 4.70. The number of rotatable bonds is 9. The Hall–Kier alpha value is -3.56. The molecule has 2 atom stereocenters. The summed E-state index contributed by atoms with van der Waals surface area (Å²) in [4.78, 5) is 23.0. The summed E-state index contributed by atoms with van der Waals surface area (Å²) < 4.78 is 133. The highest BCUT2D eigenvalue weighted by Crippen LogP contribution is 2.46. The Morgan fingerprint density at radius 2 is 1.72 bits per heavy atom. The van der Waals surface area contributed by atoms with E-state index >= 15 is 0 Å². The number of carbonyl (C=O) groups excluding carboxylic acids is 1. The van der Waals surface area contributed by atoms with Gasteiger partial charge in [0, 0.05) is 5.92 Å². The lowest BCUT2D eigenvalue weighted by Crippen LogP contribution is -2.47. The van der Waals surface area contributed by atoms with Crippen molar-refractivity contribution >= 4 is 27.6 Å². The molecule has 0 bridgehead atoms. The molecular formula is C27H26F7NO7S. The first-order chi connectivity index (χ1) is 19.7. The second-order valence-electron chi connectivity index (χ2n) is 10.9. The molecule has 16 heteroatoms. The monoisotopic (exact) mass is 641 g/mol. The van der Waals surface area contributed by atoms with Gasteiger partial charge in [0.2, 0.25) is 5.60 Å². The van der Waals surface area contributed by atoms with Crippen molar-refractivity contribution in [3.63, 3.8) is 0 Å². The number of carboxylic acid groups (broad SMARTS) is 1. The highest BCUT2D eigenvalue weighted by atomic mass is 32.2. The second kappa shape index (κ2) is 11.2. The molecule has 1 aliphatic heterocycles. The summed E-state index contributed by atoms with van der Waals surface area (Å²) in [7, 11) is -4.89. The van der Waals surface area contributed by atoms with Crippen molar-refractivity contribution in [2.24, 2.45) is 11.8 Å². The lowest BCUT2D eigenvalue weighted by atomic mass is 9.92. The number of halogens is 7. The average molecular weight is 642 g/mol. The van der Waals surface area contributed by atoms with Gasteiger partial charge in [0.25, 0.3) is 10.0 Å². The molecule has 1 fully saturated rings. The molecule has 8 nitrogen and oxygen atoms in total. The van der Waals surface area contributed by atoms with E-state index in [1.54, 1.807) is 0 Å². The van der Waals surface area contributed by atoms with Gasteiger partial charge < -0.3 is 14.6 Å². The van der Waals surface area contributed by atoms with E-state index in [1.807, 2.05) is 0 Å². The standard InChI is InChI=1S/C27H26F7NO7S/c1-25(2,27(32,33)34)42-24(38)10-14-3-8-21-20(9-14)35(13-22(41-21)17(12-23(36)37)15-4-5-15)43(39,40)16-6-7-19(28)18(11-16)26(29,30)31/h3,6-9,11,15,17,22H,4-5,10,12-13H2,1-2H3,(H,36,37)/t17-,22+/m0/s1. The molecule has 1 N–H and O–H groups in total. The molecule has 2 aromatic carbocycles. The number of hydrogen-bond acceptors (Lipinski definition) is 6. The number of sulfonamides is 1. The smallest absolute Gasteiger partial charge is 0.427 e. The highest BCUT2D eigenvalue weighted by Gasteiger charge is 2.51. The molecule has 236 valence electrons. The van der Waals surface area contributed by atoms with E-state index < -0.39 is 81.2 Å². The zero-order chi connectivity index (χ0) is 32.1. The number of esters is 1. The van der Waals surface area contributed by atoms with E-state index in [9.17, 15) is 53.8 Å². The highest BCUT2D eigenvalue weighted by molar-refractivity contribution is 7.92. The molecule has 0 amide bonds. The van der Waals surface area contributed by atoms with E-state index in [-0.39, 0.29) is 35.4 Å². The van der Waals surface area contributed by atoms with Crippen LogP contribution in [-0.2, 0) is 36.9 Å². The molecule has 2 aliphatic rings. The third-order valence-corrected chi connectivity index (χ3v) is 9.04. The minimum absolute atomic E-state index is 0.0108. The Morgan fingerprint density at radius 3 is 2.28 bits per heavy atom. The van der Waals surface area contributed by atoms with Crippen molar-refractivity contribution in [1.29, 1.82) is 0 Å². The minimum Gasteiger partial charge on any atom is -0.486 e. The Morgan fingerprint density at radius 1 is 1.07 bits per heavy atom. The number of alkyl halides is 6. The first-order valence-corrected chi connectivity index (χ1v) is 14.3. The van der Waals surface area contributed by atoms with Crippen LogP contribution in [0.5, 0.6) is 5.75 Å². The van der Waals surface area contributed by atoms with Gasteiger partial charge in [-0.05, 0) is 68.5 Å². The van der Waals surface area contributed by atoms with Crippen LogP contribution < -0.4 is 9.04 Å². The van der Waals surface area contributed by atoms with E-state index in [2.05, 4.69) is 4.74 Å². The first-order valence-electron chi connectivity index (χ1n) is 12.9. The summed E-state index contributed by atoms with van der Waals surface area (Å²) in [5, 5.41) is 9.43. The van der Waals surface area contributed by atoms with Crippen LogP contribution in [0.3, 0.4) is 0 Å². The van der Waals surface area contributed by atoms with Crippen LogP contribution in [0.1, 0.15) is 44.2 Å². The zero-order valence-corrected chi connectivity index (χ0v) is 23.4. The number of nitrogens with zero attached hydrogens (tertiary/aromatic N) is 1. The number of fused-ring (bicyclic) bond motifs is 1. The number of aliphatic carboxylic acids is 1. The number of ether oxygens (including phenoxy) is 2. The molecule has 0 spiro atoms. The van der Waals surface area contributed by atoms with Crippen LogP contribution in [0.15, 0.2) is 41.3 Å². The van der Waals surface area contributed by atoms with Crippen LogP contribution >= 0.6 is 0 Å². The summed E-state index contributed by atoms with van der Waals surface area (Å²) in [5.74, 6) is -5.08. The SMILES string of the molecule is CC(C)(OC(=O)Cc1ccc2c(c1)N(S(=O)(=O)c1ccc(F)c(C(F)(F)F)c1)C[C@H]([C@@H](CC(=O)O)C1CC1)O2)C(F)(F)F. The maximum Gasteiger partial charge on any atom is 0.427 e. The van der Waals surface area contributed by atoms with E-state index in [0.717, 1.165) is 6.07 Å². The quantitative estimate of drug-likeness (QED) is 0.275. The Kier molecular flexibility index (Phi) is 8.41. The molecular weight excluding hydrogens is 615 g/mol. The lowest BCUT2D eigenvalue weighted by molar-refractivity contribution is -0.257. The molecule has 1 saturated carbocycles. The van der Waals surface area contributed by atoms with Crippen molar-refractivity contribution in [1.82, 2.24) is 0 Å². The molecule has 0 unspecified atom stereocenters. The maximum atomic E-state index is 14.0. The first kappa shape index (κ1) is 32.4. The van der Waals surface area contributed by atoms with Crippen LogP contribution in [-0.4, -0.2) is 49.9 Å². The van der Waals surface area contributed by atoms with E-state index in [1.165, 1.54) is 12.1 Å². The van der Waals surface area contributed by atoms with E-state index in [4.69, 9.17) is 4.74 Å². The van der Waals surface area contributed by atoms with Gasteiger partial charge in [-0.3, -0.25) is 13.9 Å². The van der Waals surface area contributed by atoms with Gasteiger partial charge in [0.15, 0.2) is 0 Å². The molecule has 0 saturated heterocycles. The maximum absolute atomic E-state index is 14.0. The van der Waals surface area contributed by atoms with Gasteiger partial charge in [-0.1, -0.05) is 6.07 Å². The van der Waals surface area contributed by atoms with Gasteiger partial charge in [0.05, 0.1) is 35.5 Å². The third-order valence-electron chi connectivity index (χ3n) is 7.26. The number of benzene rings is 2. The fourth-order valence-corrected chi connectivity index (χ4v) is 6.27. The minimum atomic E-state index is -5.22. The fraction of sp³-hybridized carbons (Fsp3) is 0.481. The van der Waals surface area contributed by atoms with Crippen LogP contribution in [0.2, 0.25) is 0 Å². The number of hydrogen-bond donors (Lipinski definition) is 1. The van der Waals surface area contributed by atoms with Crippen molar-refractivity contribution in [3.8, 4) is 5.75 Å². The third kappa shape index (κ3) is 6.99. The summed E-state index contributed by atoms with van der Waals surface area (Å²) in [6.45, 7) is 0.744. The zero-order valence-electron chi connectivity index (χ0n) is 22.6. The molecule has 1 aliphatic carbocycles. The van der Waals surface area contributed by atoms with Crippen molar-refractivity contribution in [2.45, 2.75) is 68.5 Å². The lowest BCUT2D eigenvalue weighted by Gasteiger charge is -2.39. The van der Waals surface area contributed by atoms with E-state index in [0.29, 0.717) is 43.1 Å². The van der Waals surface area contributed by atoms with Crippen molar-refractivity contribution in [2.75, 3.05) is 10.8 Å². The Bertz CT molecular complexity index is 1520. The summed E-state index contributed by atoms with van der Waals surface area (Å²) in [6.07, 6.45) is -11.0. The molecule has 2 aromatic rings. The molecule has 0 radical (unpaired) electrons. The molecule has 1 heterocycles. The topological polar surface area (TPSA) is 110 Å². The summed E-state index contributed by atoms with van der Waals surface area (Å²) in [5.41, 5.74) is -4.93. The largest absolute Gasteiger partial charge is 0.486 e. The average Bonchev–Trinajstić information content (AvgIpc) is 3.70. The molecule has 0 aromatic heterocycles. The number of anilines is 1. The second-order valence-corrected chi connectivity index (χ2v) is 12.8. The van der Waals surface area contributed by atoms with Gasteiger partial charge in [0.1, 0.15) is 17.7 Å². The van der Waals surface area contributed by atoms with Gasteiger partial charge in [-0.15, -0.1) is 0 Å². The van der Waals surface area contributed by atoms with Gasteiger partial charge >= 0.3 is 24.3 Å². The Labute approximate surface area is 241 Å². The van der Waals surface area contributed by atoms with Crippen molar-refractivity contribution in [3.05, 3.63) is 53.3 Å². The predicted octanol–water partition coefficient (Wildman–Crippen LogP) is 5.73. The van der Waals surface area contributed by atoms with Crippen LogP contribution in [0.4, 0.5) is 36.4 Å². The van der Waals surface area contributed by atoms with Gasteiger partial charge in [-0.25, -0.2) is 12.8 Å².